The number of hydrogen-bond acceptors (Lipinski definition) is 10. The first kappa shape index (κ1) is 40.8. The van der Waals surface area contributed by atoms with Crippen LogP contribution in [0, 0.1) is 23.7 Å². The minimum absolute atomic E-state index is 0.0144. The van der Waals surface area contributed by atoms with Crippen molar-refractivity contribution in [3.8, 4) is 6.01 Å². The molecule has 8 rings (SSSR count). The van der Waals surface area contributed by atoms with E-state index in [0.717, 1.165) is 64.2 Å². The summed E-state index contributed by atoms with van der Waals surface area (Å²) in [6.45, 7) is 5.66. The molecule has 0 radical (unpaired) electrons. The lowest BCUT2D eigenvalue weighted by atomic mass is 9.86. The standard InChI is InChI=1S/C42H54ClN5O9S/c1-3-27-23-42(27,39(53)46-58(54,55)41(2)17-18-41)45-36(50)33-21-29-24-48(33)38(52)31(25-10-6-7-11-25)22-35(49)57-34-14-9-13-26(34)12-5-4-8-19-47-37(51)30-16-15-28(43)20-32(30)44-40(47)56-29/h3,15-16,20,25-27,29,31,33-34H,1,4-14,17-19,21-24H2,2H3,(H,45,50)(H,46,53)/t26-,27+,29-,31+,33+,34-,42-/m1/s1. The third-order valence-corrected chi connectivity index (χ3v) is 16.3. The van der Waals surface area contributed by atoms with Crippen LogP contribution in [0.1, 0.15) is 110 Å². The molecule has 0 spiro atoms. The molecule has 2 aliphatic heterocycles. The molecule has 1 saturated heterocycles. The molecule has 5 fully saturated rings. The maximum atomic E-state index is 14.9. The average Bonchev–Trinajstić information content (AvgIpc) is 3.80. The number of rotatable bonds is 7. The minimum atomic E-state index is -4.01. The van der Waals surface area contributed by atoms with Gasteiger partial charge < -0.3 is 19.7 Å². The van der Waals surface area contributed by atoms with Crippen molar-refractivity contribution in [2.75, 3.05) is 6.54 Å². The number of nitrogens with one attached hydrogen (secondary N) is 2. The Kier molecular flexibility index (Phi) is 11.2. The maximum absolute atomic E-state index is 14.9. The largest absolute Gasteiger partial charge is 0.462 e. The molecule has 4 saturated carbocycles. The topological polar surface area (TPSA) is 183 Å². The zero-order chi connectivity index (χ0) is 41.0. The van der Waals surface area contributed by atoms with E-state index in [4.69, 9.17) is 26.1 Å². The van der Waals surface area contributed by atoms with Crippen LogP contribution in [0.15, 0.2) is 35.6 Å². The molecule has 6 aliphatic rings. The van der Waals surface area contributed by atoms with Gasteiger partial charge in [0.05, 0.1) is 34.5 Å². The molecule has 1 aromatic carbocycles. The van der Waals surface area contributed by atoms with E-state index < -0.39 is 62.1 Å². The molecule has 3 heterocycles. The van der Waals surface area contributed by atoms with E-state index in [9.17, 15) is 32.4 Å². The van der Waals surface area contributed by atoms with Crippen molar-refractivity contribution in [3.63, 3.8) is 0 Å². The van der Waals surface area contributed by atoms with E-state index in [1.54, 1.807) is 25.1 Å². The van der Waals surface area contributed by atoms with Crippen LogP contribution in [-0.4, -0.2) is 81.6 Å². The highest BCUT2D eigenvalue weighted by Crippen LogP contribution is 2.47. The molecule has 4 aliphatic carbocycles. The number of halogens is 1. The molecule has 58 heavy (non-hydrogen) atoms. The number of sulfonamides is 1. The lowest BCUT2D eigenvalue weighted by Gasteiger charge is -2.32. The van der Waals surface area contributed by atoms with Crippen LogP contribution in [0.2, 0.25) is 5.02 Å². The van der Waals surface area contributed by atoms with Crippen molar-refractivity contribution in [2.24, 2.45) is 23.7 Å². The zero-order valence-electron chi connectivity index (χ0n) is 33.1. The molecule has 3 amide bonds. The van der Waals surface area contributed by atoms with Crippen LogP contribution < -0.4 is 20.3 Å². The van der Waals surface area contributed by atoms with E-state index in [-0.39, 0.29) is 61.2 Å². The van der Waals surface area contributed by atoms with E-state index in [2.05, 4.69) is 16.6 Å². The molecule has 2 bridgehead atoms. The number of hydrogen-bond donors (Lipinski definition) is 2. The number of nitrogens with zero attached hydrogens (tertiary/aromatic N) is 3. The summed E-state index contributed by atoms with van der Waals surface area (Å²) in [5.74, 6) is -3.45. The van der Waals surface area contributed by atoms with Gasteiger partial charge in [0, 0.05) is 23.9 Å². The van der Waals surface area contributed by atoms with Gasteiger partial charge >= 0.3 is 5.97 Å². The summed E-state index contributed by atoms with van der Waals surface area (Å²) < 4.78 is 41.6. The molecular weight excluding hydrogens is 786 g/mol. The third-order valence-electron chi connectivity index (χ3n) is 13.9. The van der Waals surface area contributed by atoms with Crippen molar-refractivity contribution in [2.45, 2.75) is 145 Å². The molecule has 314 valence electrons. The predicted octanol–water partition coefficient (Wildman–Crippen LogP) is 4.94. The molecule has 2 aromatic rings. The Hall–Kier alpha value is -3.98. The Morgan fingerprint density at radius 3 is 2.43 bits per heavy atom. The number of amides is 3. The van der Waals surface area contributed by atoms with Crippen LogP contribution in [-0.2, 0) is 40.5 Å². The zero-order valence-corrected chi connectivity index (χ0v) is 34.7. The van der Waals surface area contributed by atoms with Gasteiger partial charge in [-0.25, -0.2) is 8.42 Å². The van der Waals surface area contributed by atoms with Crippen molar-refractivity contribution in [1.82, 2.24) is 24.5 Å². The first-order valence-electron chi connectivity index (χ1n) is 21.1. The molecule has 7 atom stereocenters. The number of fused-ring (bicyclic) bond motifs is 5. The lowest BCUT2D eigenvalue weighted by molar-refractivity contribution is -0.156. The van der Waals surface area contributed by atoms with Crippen LogP contribution in [0.3, 0.4) is 0 Å². The van der Waals surface area contributed by atoms with Crippen molar-refractivity contribution in [1.29, 1.82) is 0 Å². The van der Waals surface area contributed by atoms with Gasteiger partial charge in [0.2, 0.25) is 21.8 Å². The van der Waals surface area contributed by atoms with Gasteiger partial charge in [-0.05, 0) is 101 Å². The van der Waals surface area contributed by atoms with Gasteiger partial charge in [-0.2, -0.15) is 4.98 Å². The maximum Gasteiger partial charge on any atom is 0.306 e. The van der Waals surface area contributed by atoms with Gasteiger partial charge in [-0.3, -0.25) is 33.3 Å². The SMILES string of the molecule is C=C[C@H]1C[C@]1(NC(=O)[C@@H]1C[C@@H]2CN1C(=O)[C@H](C1CCCC1)CC(=O)O[C@@H]1CCC[C@H]1CCCCCn1c(nc3cc(Cl)ccc3c1=O)O2)C(=O)NS(=O)(=O)C1(C)CC1. The summed E-state index contributed by atoms with van der Waals surface area (Å²) in [7, 11) is -4.01. The number of esters is 1. The first-order valence-corrected chi connectivity index (χ1v) is 23.0. The molecule has 16 heteroatoms. The smallest absolute Gasteiger partial charge is 0.306 e. The lowest BCUT2D eigenvalue weighted by Crippen LogP contribution is -2.57. The van der Waals surface area contributed by atoms with Gasteiger partial charge in [-0.15, -0.1) is 6.58 Å². The van der Waals surface area contributed by atoms with Crippen LogP contribution in [0.25, 0.3) is 10.9 Å². The number of carbonyl (C=O) groups excluding carboxylic acids is 4. The van der Waals surface area contributed by atoms with Gasteiger partial charge in [0.1, 0.15) is 23.8 Å². The Morgan fingerprint density at radius 1 is 0.983 bits per heavy atom. The number of ether oxygens (including phenoxy) is 2. The fourth-order valence-electron chi connectivity index (χ4n) is 9.87. The highest BCUT2D eigenvalue weighted by molar-refractivity contribution is 7.91. The second-order valence-corrected chi connectivity index (χ2v) is 20.4. The molecule has 0 unspecified atom stereocenters. The number of carbonyl (C=O) groups is 4. The summed E-state index contributed by atoms with van der Waals surface area (Å²) in [5, 5.41) is 3.63. The average molecular weight is 840 g/mol. The van der Waals surface area contributed by atoms with Crippen molar-refractivity contribution >= 4 is 56.2 Å². The van der Waals surface area contributed by atoms with Crippen molar-refractivity contribution < 1.29 is 37.1 Å². The molecular formula is C42H54ClN5O9S. The van der Waals surface area contributed by atoms with Gasteiger partial charge in [0.15, 0.2) is 0 Å². The Morgan fingerprint density at radius 2 is 1.71 bits per heavy atom. The summed E-state index contributed by atoms with van der Waals surface area (Å²) in [6, 6.07) is 3.78. The normalized spacial score (nSPS) is 31.6. The second kappa shape index (κ2) is 15.9. The first-order chi connectivity index (χ1) is 27.7. The third kappa shape index (κ3) is 7.89. The number of benzene rings is 1. The van der Waals surface area contributed by atoms with Gasteiger partial charge in [0.25, 0.3) is 17.5 Å². The highest BCUT2D eigenvalue weighted by Gasteiger charge is 2.63. The quantitative estimate of drug-likeness (QED) is 0.286. The predicted molar refractivity (Wildman–Crippen MR) is 215 cm³/mol. The highest BCUT2D eigenvalue weighted by atomic mass is 35.5. The Balaban J connectivity index is 1.14. The molecule has 1 aromatic heterocycles. The summed E-state index contributed by atoms with van der Waals surface area (Å²) >= 11 is 6.32. The van der Waals surface area contributed by atoms with E-state index >= 15 is 0 Å². The minimum Gasteiger partial charge on any atom is -0.462 e. The summed E-state index contributed by atoms with van der Waals surface area (Å²) in [5.41, 5.74) is -1.52. The van der Waals surface area contributed by atoms with Crippen LogP contribution >= 0.6 is 11.6 Å². The van der Waals surface area contributed by atoms with Crippen LogP contribution in [0.5, 0.6) is 6.01 Å². The van der Waals surface area contributed by atoms with Crippen LogP contribution in [0.4, 0.5) is 0 Å². The van der Waals surface area contributed by atoms with E-state index in [1.807, 2.05) is 0 Å². The fourth-order valence-corrected chi connectivity index (χ4v) is 11.3. The fraction of sp³-hybridized carbons (Fsp3) is 0.667. The summed E-state index contributed by atoms with van der Waals surface area (Å²) in [4.78, 5) is 77.2. The number of aromatic nitrogens is 2. The van der Waals surface area contributed by atoms with Gasteiger partial charge in [-0.1, -0.05) is 43.4 Å². The van der Waals surface area contributed by atoms with E-state index in [0.29, 0.717) is 41.7 Å². The Bertz CT molecular complexity index is 2170. The monoisotopic (exact) mass is 839 g/mol. The van der Waals surface area contributed by atoms with Crippen molar-refractivity contribution in [3.05, 3.63) is 46.2 Å². The summed E-state index contributed by atoms with van der Waals surface area (Å²) in [6.07, 6.45) is 10.7. The molecule has 2 N–H and O–H groups in total. The molecule has 14 nitrogen and oxygen atoms in total. The second-order valence-electron chi connectivity index (χ2n) is 17.8. The van der Waals surface area contributed by atoms with E-state index in [1.165, 1.54) is 15.5 Å². The Labute approximate surface area is 343 Å².